The van der Waals surface area contributed by atoms with E-state index < -0.39 is 34.6 Å². The summed E-state index contributed by atoms with van der Waals surface area (Å²) in [6, 6.07) is 17.0. The van der Waals surface area contributed by atoms with Crippen LogP contribution < -0.4 is 10.2 Å². The van der Waals surface area contributed by atoms with Gasteiger partial charge in [0.05, 0.1) is 11.1 Å². The first kappa shape index (κ1) is 25.4. The molecule has 4 aromatic carbocycles. The van der Waals surface area contributed by atoms with Crippen LogP contribution in [0.3, 0.4) is 0 Å². The third-order valence-corrected chi connectivity index (χ3v) is 6.03. The predicted molar refractivity (Wildman–Crippen MR) is 122 cm³/mol. The van der Waals surface area contributed by atoms with Crippen molar-refractivity contribution < 1.29 is 56.7 Å². The van der Waals surface area contributed by atoms with Crippen LogP contribution in [0, 0.1) is 0 Å². The van der Waals surface area contributed by atoms with Crippen molar-refractivity contribution >= 4 is 23.1 Å². The van der Waals surface area contributed by atoms with Gasteiger partial charge in [-0.15, -0.1) is 0 Å². The molecule has 0 spiro atoms. The second kappa shape index (κ2) is 9.38. The van der Waals surface area contributed by atoms with Crippen molar-refractivity contribution in [2.45, 2.75) is 0 Å². The predicted octanol–water partition coefficient (Wildman–Crippen LogP) is 2.48. The molecule has 0 saturated heterocycles. The zero-order valence-electron chi connectivity index (χ0n) is 18.6. The molecule has 0 saturated carbocycles. The van der Waals surface area contributed by atoms with Crippen molar-refractivity contribution in [2.75, 3.05) is 0 Å². The number of hydrogen-bond acceptors (Lipinski definition) is 8. The van der Waals surface area contributed by atoms with E-state index in [0.29, 0.717) is 0 Å². The third kappa shape index (κ3) is 3.87. The van der Waals surface area contributed by atoms with Crippen LogP contribution >= 0.6 is 0 Å². The van der Waals surface area contributed by atoms with Gasteiger partial charge >= 0.3 is 17.1 Å². The van der Waals surface area contributed by atoms with Gasteiger partial charge in [0.25, 0.3) is 0 Å². The van der Waals surface area contributed by atoms with E-state index in [9.17, 15) is 39.6 Å². The zero-order valence-corrected chi connectivity index (χ0v) is 19.5. The number of hydrogen-bond donors (Lipinski definition) is 2. The minimum atomic E-state index is -0.546. The van der Waals surface area contributed by atoms with Gasteiger partial charge in [0.1, 0.15) is 11.5 Å². The quantitative estimate of drug-likeness (QED) is 0.278. The van der Waals surface area contributed by atoms with E-state index in [1.165, 1.54) is 24.3 Å². The Bertz CT molecular complexity index is 1410. The van der Waals surface area contributed by atoms with Crippen molar-refractivity contribution in [3.05, 3.63) is 117 Å². The Labute approximate surface area is 219 Å². The molecule has 0 aromatic heterocycles. The van der Waals surface area contributed by atoms with Gasteiger partial charge in [-0.3, -0.25) is 19.2 Å². The van der Waals surface area contributed by atoms with E-state index in [1.54, 1.807) is 24.3 Å². The molecule has 8 nitrogen and oxygen atoms in total. The van der Waals surface area contributed by atoms with Gasteiger partial charge in [0.2, 0.25) is 0 Å². The fourth-order valence-electron chi connectivity index (χ4n) is 4.35. The minimum Gasteiger partial charge on any atom is -0.872 e. The third-order valence-electron chi connectivity index (χ3n) is 6.03. The van der Waals surface area contributed by atoms with Crippen molar-refractivity contribution in [1.29, 1.82) is 0 Å². The van der Waals surface area contributed by atoms with Crippen molar-refractivity contribution in [3.63, 3.8) is 0 Å². The SMILES string of the molecule is O=C1c2ccccc2C(=O)c2c(O)ccc([O-])c21.O=C1c2ccccc2C(=O)c2c(O)ccc([O-])c21.[Cu+2]. The fraction of sp³-hybridized carbons (Fsp3) is 0. The molecule has 6 rings (SSSR count). The molecule has 4 aromatic rings. The topological polar surface area (TPSA) is 155 Å². The molecule has 2 aliphatic rings. The summed E-state index contributed by atoms with van der Waals surface area (Å²) >= 11 is 0. The number of rotatable bonds is 0. The molecule has 0 unspecified atom stereocenters. The molecule has 9 heteroatoms. The summed E-state index contributed by atoms with van der Waals surface area (Å²) in [6.07, 6.45) is 0. The summed E-state index contributed by atoms with van der Waals surface area (Å²) < 4.78 is 0. The van der Waals surface area contributed by atoms with Crippen LogP contribution in [0.5, 0.6) is 23.0 Å². The average molecular weight is 542 g/mol. The van der Waals surface area contributed by atoms with Crippen LogP contribution in [0.4, 0.5) is 0 Å². The second-order valence-corrected chi connectivity index (χ2v) is 8.07. The van der Waals surface area contributed by atoms with Gasteiger partial charge in [-0.1, -0.05) is 72.2 Å². The molecular weight excluding hydrogens is 528 g/mol. The summed E-state index contributed by atoms with van der Waals surface area (Å²) in [7, 11) is 0. The largest absolute Gasteiger partial charge is 2.00 e. The van der Waals surface area contributed by atoms with Crippen LogP contribution in [-0.2, 0) is 17.1 Å². The molecule has 0 heterocycles. The van der Waals surface area contributed by atoms with Crippen molar-refractivity contribution in [1.82, 2.24) is 0 Å². The van der Waals surface area contributed by atoms with Crippen LogP contribution in [0.15, 0.2) is 72.8 Å². The minimum absolute atomic E-state index is 0. The molecule has 37 heavy (non-hydrogen) atoms. The van der Waals surface area contributed by atoms with Crippen LogP contribution in [0.2, 0.25) is 0 Å². The number of phenolic OH excluding ortho intramolecular Hbond substituents is 2. The molecule has 2 N–H and O–H groups in total. The van der Waals surface area contributed by atoms with Gasteiger partial charge in [-0.2, -0.15) is 0 Å². The smallest absolute Gasteiger partial charge is 0.872 e. The number of benzene rings is 4. The fourth-order valence-corrected chi connectivity index (χ4v) is 4.35. The molecule has 185 valence electrons. The van der Waals surface area contributed by atoms with Gasteiger partial charge in [0.15, 0.2) is 23.1 Å². The Hall–Kier alpha value is -4.72. The van der Waals surface area contributed by atoms with Gasteiger partial charge in [-0.25, -0.2) is 0 Å². The maximum Gasteiger partial charge on any atom is 2.00 e. The molecule has 0 fully saturated rings. The Morgan fingerprint density at radius 2 is 0.703 bits per heavy atom. The van der Waals surface area contributed by atoms with Gasteiger partial charge in [-0.05, 0) is 12.1 Å². The Balaban J connectivity index is 0.000000168. The van der Waals surface area contributed by atoms with E-state index in [0.717, 1.165) is 24.3 Å². The van der Waals surface area contributed by atoms with Crippen molar-refractivity contribution in [2.24, 2.45) is 0 Å². The second-order valence-electron chi connectivity index (χ2n) is 8.07. The molecule has 2 aliphatic carbocycles. The van der Waals surface area contributed by atoms with E-state index in [-0.39, 0.29) is 73.1 Å². The molecule has 0 bridgehead atoms. The summed E-state index contributed by atoms with van der Waals surface area (Å²) in [5.41, 5.74) is -0.00278. The number of carbonyl (C=O) groups excluding carboxylic acids is 4. The Kier molecular flexibility index (Phi) is 6.44. The van der Waals surface area contributed by atoms with Crippen LogP contribution in [0.25, 0.3) is 0 Å². The molecule has 0 aliphatic heterocycles. The number of aromatic hydroxyl groups is 2. The van der Waals surface area contributed by atoms with Gasteiger partial charge in [0, 0.05) is 33.4 Å². The molecule has 1 radical (unpaired) electrons. The van der Waals surface area contributed by atoms with Crippen LogP contribution in [0.1, 0.15) is 63.7 Å². The number of fused-ring (bicyclic) bond motifs is 4. The summed E-state index contributed by atoms with van der Waals surface area (Å²) in [5, 5.41) is 42.8. The normalized spacial score (nSPS) is 12.8. The maximum atomic E-state index is 12.2. The average Bonchev–Trinajstić information content (AvgIpc) is 2.89. The van der Waals surface area contributed by atoms with Gasteiger partial charge < -0.3 is 20.4 Å². The summed E-state index contributed by atoms with van der Waals surface area (Å²) in [4.78, 5) is 48.7. The monoisotopic (exact) mass is 541 g/mol. The molecule has 0 atom stereocenters. The van der Waals surface area contributed by atoms with E-state index in [4.69, 9.17) is 0 Å². The van der Waals surface area contributed by atoms with E-state index in [1.807, 2.05) is 0 Å². The summed E-state index contributed by atoms with van der Waals surface area (Å²) in [5.74, 6) is -3.77. The number of carbonyl (C=O) groups is 4. The number of ketones is 4. The standard InChI is InChI=1S/2C14H8O4.Cu/c2*15-9-5-6-10(16)12-11(9)13(17)7-3-1-2-4-8(7)14(12)18;/h2*1-6,15-16H;/q;;+2/p-2. The zero-order chi connectivity index (χ0) is 25.7. The Morgan fingerprint density at radius 3 is 1.00 bits per heavy atom. The molecule has 0 amide bonds. The first-order valence-corrected chi connectivity index (χ1v) is 10.6. The number of phenols is 2. The van der Waals surface area contributed by atoms with Crippen molar-refractivity contribution in [3.8, 4) is 23.0 Å². The van der Waals surface area contributed by atoms with Crippen LogP contribution in [-0.4, -0.2) is 33.3 Å². The molecular formula is C28H14CuO8. The first-order chi connectivity index (χ1) is 17.2. The summed E-state index contributed by atoms with van der Waals surface area (Å²) in [6.45, 7) is 0. The first-order valence-electron chi connectivity index (χ1n) is 10.6. The maximum absolute atomic E-state index is 12.2. The Morgan fingerprint density at radius 1 is 0.432 bits per heavy atom. The van der Waals surface area contributed by atoms with E-state index in [2.05, 4.69) is 0 Å². The van der Waals surface area contributed by atoms with E-state index >= 15 is 0 Å².